The maximum atomic E-state index is 12.1. The minimum absolute atomic E-state index is 0.174. The zero-order valence-corrected chi connectivity index (χ0v) is 15.2. The Morgan fingerprint density at radius 2 is 1.85 bits per heavy atom. The number of oxazole rings is 1. The number of fused-ring (bicyclic) bond motifs is 1. The van der Waals surface area contributed by atoms with Gasteiger partial charge in [-0.1, -0.05) is 25.0 Å². The van der Waals surface area contributed by atoms with E-state index in [0.29, 0.717) is 29.7 Å². The molecule has 0 unspecified atom stereocenters. The molecule has 0 atom stereocenters. The molecule has 3 rings (SSSR count). The number of rotatable bonds is 9. The van der Waals surface area contributed by atoms with Crippen LogP contribution >= 0.6 is 12.6 Å². The second-order valence-electron chi connectivity index (χ2n) is 5.80. The number of thiol groups is 1. The first-order valence-electron chi connectivity index (χ1n) is 8.60. The summed E-state index contributed by atoms with van der Waals surface area (Å²) in [6, 6.07) is 7.77. The molecular weight excluding hydrogens is 350 g/mol. The van der Waals surface area contributed by atoms with Gasteiger partial charge in [0, 0.05) is 18.9 Å². The summed E-state index contributed by atoms with van der Waals surface area (Å²) in [5, 5.41) is 5.77. The Bertz CT molecular complexity index is 817. The molecule has 0 aliphatic rings. The average Bonchev–Trinajstić information content (AvgIpc) is 3.07. The molecule has 1 aromatic carbocycles. The number of amides is 1. The number of carbonyl (C=O) groups excluding carboxylic acids is 1. The Morgan fingerprint density at radius 1 is 1.08 bits per heavy atom. The summed E-state index contributed by atoms with van der Waals surface area (Å²) >= 11 is 4.18. The van der Waals surface area contributed by atoms with Gasteiger partial charge in [0.25, 0.3) is 5.91 Å². The predicted molar refractivity (Wildman–Crippen MR) is 104 cm³/mol. The summed E-state index contributed by atoms with van der Waals surface area (Å²) in [6.45, 7) is 0.647. The molecule has 0 saturated heterocycles. The molecule has 2 N–H and O–H groups in total. The number of hydrogen-bond donors (Lipinski definition) is 3. The van der Waals surface area contributed by atoms with E-state index in [1.165, 1.54) is 12.4 Å². The number of nitrogens with zero attached hydrogens (tertiary/aromatic N) is 3. The van der Waals surface area contributed by atoms with Gasteiger partial charge >= 0.3 is 6.01 Å². The minimum atomic E-state index is -0.174. The predicted octanol–water partition coefficient (Wildman–Crippen LogP) is 3.58. The van der Waals surface area contributed by atoms with Crippen molar-refractivity contribution in [2.24, 2.45) is 0 Å². The number of aromatic nitrogens is 3. The van der Waals surface area contributed by atoms with E-state index in [2.05, 4.69) is 38.2 Å². The topological polar surface area (TPSA) is 92.9 Å². The molecule has 0 fully saturated rings. The van der Waals surface area contributed by atoms with E-state index < -0.39 is 0 Å². The average molecular weight is 371 g/mol. The number of anilines is 2. The van der Waals surface area contributed by atoms with Crippen molar-refractivity contribution in [1.82, 2.24) is 20.3 Å². The largest absolute Gasteiger partial charge is 0.423 e. The van der Waals surface area contributed by atoms with Crippen molar-refractivity contribution < 1.29 is 9.21 Å². The van der Waals surface area contributed by atoms with E-state index in [1.807, 2.05) is 24.3 Å². The number of hydrogen-bond acceptors (Lipinski definition) is 7. The monoisotopic (exact) mass is 371 g/mol. The molecule has 0 aliphatic carbocycles. The second kappa shape index (κ2) is 9.19. The lowest BCUT2D eigenvalue weighted by Crippen LogP contribution is -2.24. The maximum Gasteiger partial charge on any atom is 0.302 e. The zero-order valence-electron chi connectivity index (χ0n) is 14.3. The van der Waals surface area contributed by atoms with Gasteiger partial charge in [-0.15, -0.1) is 0 Å². The summed E-state index contributed by atoms with van der Waals surface area (Å²) in [5.74, 6) is 1.06. The third kappa shape index (κ3) is 4.95. The molecule has 7 nitrogen and oxygen atoms in total. The fourth-order valence-corrected chi connectivity index (χ4v) is 2.65. The van der Waals surface area contributed by atoms with Crippen LogP contribution in [0.2, 0.25) is 0 Å². The third-order valence-electron chi connectivity index (χ3n) is 3.80. The zero-order chi connectivity index (χ0) is 18.2. The third-order valence-corrected chi connectivity index (χ3v) is 4.11. The molecule has 0 radical (unpaired) electrons. The van der Waals surface area contributed by atoms with Gasteiger partial charge in [-0.25, -0.2) is 9.97 Å². The van der Waals surface area contributed by atoms with E-state index in [1.54, 1.807) is 0 Å². The molecule has 0 aliphatic heterocycles. The molecule has 2 heterocycles. The number of unbranched alkanes of at least 4 members (excludes halogenated alkanes) is 3. The van der Waals surface area contributed by atoms with E-state index in [9.17, 15) is 4.79 Å². The highest BCUT2D eigenvalue weighted by atomic mass is 32.1. The van der Waals surface area contributed by atoms with Gasteiger partial charge in [-0.2, -0.15) is 17.6 Å². The highest BCUT2D eigenvalue weighted by molar-refractivity contribution is 7.80. The van der Waals surface area contributed by atoms with Gasteiger partial charge in [0.2, 0.25) is 5.95 Å². The van der Waals surface area contributed by atoms with E-state index in [-0.39, 0.29) is 5.91 Å². The van der Waals surface area contributed by atoms with Crippen molar-refractivity contribution in [3.63, 3.8) is 0 Å². The minimum Gasteiger partial charge on any atom is -0.423 e. The Hall–Kier alpha value is -2.61. The summed E-state index contributed by atoms with van der Waals surface area (Å²) < 4.78 is 5.56. The van der Waals surface area contributed by atoms with Crippen LogP contribution in [-0.4, -0.2) is 33.2 Å². The molecule has 3 aromatic rings. The van der Waals surface area contributed by atoms with Crippen LogP contribution in [0.4, 0.5) is 12.0 Å². The summed E-state index contributed by atoms with van der Waals surface area (Å²) in [4.78, 5) is 24.6. The second-order valence-corrected chi connectivity index (χ2v) is 6.25. The summed E-state index contributed by atoms with van der Waals surface area (Å²) in [6.07, 6.45) is 7.25. The summed E-state index contributed by atoms with van der Waals surface area (Å²) in [7, 11) is 0. The number of para-hydroxylation sites is 2. The number of nitrogens with one attached hydrogen (secondary N) is 2. The van der Waals surface area contributed by atoms with Crippen molar-refractivity contribution in [2.45, 2.75) is 25.7 Å². The quantitative estimate of drug-likeness (QED) is 0.393. The van der Waals surface area contributed by atoms with Gasteiger partial charge in [0.05, 0.1) is 5.56 Å². The van der Waals surface area contributed by atoms with Crippen molar-refractivity contribution in [1.29, 1.82) is 0 Å². The van der Waals surface area contributed by atoms with Crippen molar-refractivity contribution in [3.8, 4) is 0 Å². The van der Waals surface area contributed by atoms with Crippen LogP contribution in [0, 0.1) is 0 Å². The van der Waals surface area contributed by atoms with Crippen LogP contribution in [0.1, 0.15) is 36.0 Å². The molecule has 26 heavy (non-hydrogen) atoms. The number of carbonyl (C=O) groups is 1. The molecular formula is C18H21N5O2S. The molecule has 0 bridgehead atoms. The maximum absolute atomic E-state index is 12.1. The Morgan fingerprint density at radius 3 is 2.62 bits per heavy atom. The number of benzene rings is 1. The van der Waals surface area contributed by atoms with Gasteiger partial charge in [-0.05, 0) is 30.7 Å². The highest BCUT2D eigenvalue weighted by Gasteiger charge is 2.09. The van der Waals surface area contributed by atoms with Crippen molar-refractivity contribution in [2.75, 3.05) is 17.6 Å². The lowest BCUT2D eigenvalue weighted by molar-refractivity contribution is 0.0952. The van der Waals surface area contributed by atoms with Crippen LogP contribution in [0.25, 0.3) is 11.1 Å². The van der Waals surface area contributed by atoms with Crippen LogP contribution < -0.4 is 10.6 Å². The smallest absolute Gasteiger partial charge is 0.302 e. The van der Waals surface area contributed by atoms with E-state index >= 15 is 0 Å². The van der Waals surface area contributed by atoms with E-state index in [4.69, 9.17) is 4.42 Å². The Labute approximate surface area is 157 Å². The molecule has 2 aromatic heterocycles. The molecule has 0 spiro atoms. The lowest BCUT2D eigenvalue weighted by atomic mass is 10.2. The Kier molecular flexibility index (Phi) is 6.43. The van der Waals surface area contributed by atoms with Crippen LogP contribution in [0.3, 0.4) is 0 Å². The molecule has 0 saturated carbocycles. The lowest BCUT2D eigenvalue weighted by Gasteiger charge is -2.05. The van der Waals surface area contributed by atoms with Gasteiger partial charge in [0.15, 0.2) is 5.58 Å². The first kappa shape index (κ1) is 18.2. The van der Waals surface area contributed by atoms with Gasteiger partial charge in [0.1, 0.15) is 5.52 Å². The molecule has 1 amide bonds. The van der Waals surface area contributed by atoms with E-state index in [0.717, 1.165) is 37.0 Å². The fraction of sp³-hybridized carbons (Fsp3) is 0.333. The fourth-order valence-electron chi connectivity index (χ4n) is 2.43. The Balaban J connectivity index is 1.50. The SMILES string of the molecule is O=C(NCCCCCCS)c1cnc(Nc2nc3ccccc3o2)nc1. The van der Waals surface area contributed by atoms with Crippen LogP contribution in [0.5, 0.6) is 0 Å². The standard InChI is InChI=1S/C18H21N5O2S/c24-16(19-9-5-1-2-6-10-26)13-11-20-17(21-12-13)23-18-22-14-7-3-4-8-15(14)25-18/h3-4,7-8,11-12,26H,1-2,5-6,9-10H2,(H,19,24)(H,20,21,22,23). The van der Waals surface area contributed by atoms with Gasteiger partial charge in [-0.3, -0.25) is 10.1 Å². The normalized spacial score (nSPS) is 10.8. The van der Waals surface area contributed by atoms with Crippen LogP contribution in [-0.2, 0) is 0 Å². The van der Waals surface area contributed by atoms with Gasteiger partial charge < -0.3 is 9.73 Å². The first-order chi connectivity index (χ1) is 12.8. The molecule has 136 valence electrons. The van der Waals surface area contributed by atoms with Crippen LogP contribution in [0.15, 0.2) is 41.1 Å². The summed E-state index contributed by atoms with van der Waals surface area (Å²) in [5.41, 5.74) is 1.85. The van der Waals surface area contributed by atoms with Crippen molar-refractivity contribution >= 4 is 41.6 Å². The highest BCUT2D eigenvalue weighted by Crippen LogP contribution is 2.19. The van der Waals surface area contributed by atoms with Crippen molar-refractivity contribution in [3.05, 3.63) is 42.2 Å². The first-order valence-corrected chi connectivity index (χ1v) is 9.23. The molecule has 8 heteroatoms.